The topological polar surface area (TPSA) is 64.2 Å². The molecule has 1 N–H and O–H groups in total. The van der Waals surface area contributed by atoms with Crippen LogP contribution in [-0.2, 0) is 0 Å². The van der Waals surface area contributed by atoms with Gasteiger partial charge in [0.25, 0.3) is 0 Å². The first kappa shape index (κ1) is 13.2. The van der Waals surface area contributed by atoms with E-state index in [0.717, 1.165) is 28.4 Å². The predicted octanol–water partition coefficient (Wildman–Crippen LogP) is 3.06. The van der Waals surface area contributed by atoms with Crippen LogP contribution in [0.15, 0.2) is 36.5 Å². The van der Waals surface area contributed by atoms with Crippen molar-refractivity contribution in [1.82, 2.24) is 10.2 Å². The molecule has 3 rings (SSSR count). The van der Waals surface area contributed by atoms with Crippen LogP contribution in [0.5, 0.6) is 11.5 Å². The number of aromatic nitrogens is 2. The predicted molar refractivity (Wildman–Crippen MR) is 80.0 cm³/mol. The van der Waals surface area contributed by atoms with Gasteiger partial charge in [-0.15, -0.1) is 0 Å². The Labute approximate surface area is 121 Å². The van der Waals surface area contributed by atoms with Crippen molar-refractivity contribution in [3.63, 3.8) is 0 Å². The number of methoxy groups -OCH3 is 2. The second-order valence-corrected chi connectivity index (χ2v) is 4.52. The van der Waals surface area contributed by atoms with Crippen LogP contribution in [0.4, 0.5) is 0 Å². The number of rotatable bonds is 4. The van der Waals surface area contributed by atoms with Crippen LogP contribution in [0, 0.1) is 0 Å². The number of nitrogens with one attached hydrogen (secondary N) is 1. The summed E-state index contributed by atoms with van der Waals surface area (Å²) in [6, 6.07) is 9.61. The molecule has 0 aliphatic carbocycles. The van der Waals surface area contributed by atoms with E-state index in [1.165, 1.54) is 6.20 Å². The number of H-pyrrole nitrogens is 1. The van der Waals surface area contributed by atoms with Gasteiger partial charge in [0.1, 0.15) is 11.5 Å². The zero-order valence-corrected chi connectivity index (χ0v) is 11.7. The average molecular weight is 282 g/mol. The minimum absolute atomic E-state index is 0.489. The van der Waals surface area contributed by atoms with Crippen LogP contribution >= 0.6 is 0 Å². The fourth-order valence-corrected chi connectivity index (χ4v) is 2.49. The van der Waals surface area contributed by atoms with E-state index in [1.54, 1.807) is 14.2 Å². The van der Waals surface area contributed by atoms with E-state index in [-0.39, 0.29) is 0 Å². The van der Waals surface area contributed by atoms with Gasteiger partial charge in [-0.05, 0) is 5.39 Å². The van der Waals surface area contributed by atoms with Crippen molar-refractivity contribution in [3.8, 4) is 22.8 Å². The summed E-state index contributed by atoms with van der Waals surface area (Å²) in [4.78, 5) is 11.2. The molecule has 0 saturated carbocycles. The molecule has 5 heteroatoms. The fourth-order valence-electron chi connectivity index (χ4n) is 2.49. The van der Waals surface area contributed by atoms with Crippen molar-refractivity contribution in [2.45, 2.75) is 0 Å². The molecule has 0 saturated heterocycles. The average Bonchev–Trinajstić information content (AvgIpc) is 3.01. The van der Waals surface area contributed by atoms with E-state index in [1.807, 2.05) is 30.3 Å². The Morgan fingerprint density at radius 1 is 1.10 bits per heavy atom. The molecule has 0 aliphatic rings. The first-order valence-corrected chi connectivity index (χ1v) is 6.42. The second-order valence-electron chi connectivity index (χ2n) is 4.52. The molecule has 3 aromatic rings. The summed E-state index contributed by atoms with van der Waals surface area (Å²) in [6.07, 6.45) is 2.28. The van der Waals surface area contributed by atoms with E-state index < -0.39 is 0 Å². The van der Waals surface area contributed by atoms with Gasteiger partial charge in [0.15, 0.2) is 6.29 Å². The quantitative estimate of drug-likeness (QED) is 0.747. The van der Waals surface area contributed by atoms with Gasteiger partial charge in [-0.1, -0.05) is 24.3 Å². The number of hydrogen-bond donors (Lipinski definition) is 1. The third-order valence-corrected chi connectivity index (χ3v) is 3.46. The van der Waals surface area contributed by atoms with Gasteiger partial charge in [0.05, 0.1) is 37.2 Å². The largest absolute Gasteiger partial charge is 0.496 e. The summed E-state index contributed by atoms with van der Waals surface area (Å²) in [5.74, 6) is 1.34. The van der Waals surface area contributed by atoms with Gasteiger partial charge in [0.2, 0.25) is 0 Å². The maximum Gasteiger partial charge on any atom is 0.153 e. The van der Waals surface area contributed by atoms with Crippen LogP contribution in [0.3, 0.4) is 0 Å². The van der Waals surface area contributed by atoms with Crippen LogP contribution in [-0.4, -0.2) is 30.7 Å². The summed E-state index contributed by atoms with van der Waals surface area (Å²) < 4.78 is 10.9. The van der Waals surface area contributed by atoms with Crippen LogP contribution < -0.4 is 9.47 Å². The lowest BCUT2D eigenvalue weighted by Gasteiger charge is -2.14. The zero-order valence-electron chi connectivity index (χ0n) is 11.7. The van der Waals surface area contributed by atoms with E-state index in [0.29, 0.717) is 17.0 Å². The zero-order chi connectivity index (χ0) is 14.8. The monoisotopic (exact) mass is 282 g/mol. The van der Waals surface area contributed by atoms with Gasteiger partial charge >= 0.3 is 0 Å². The summed E-state index contributed by atoms with van der Waals surface area (Å²) in [7, 11) is 3.21. The van der Waals surface area contributed by atoms with Crippen molar-refractivity contribution >= 4 is 17.1 Å². The maximum atomic E-state index is 11.2. The number of fused-ring (bicyclic) bond motifs is 1. The molecule has 5 nitrogen and oxygen atoms in total. The third kappa shape index (κ3) is 2.03. The molecule has 2 aromatic carbocycles. The minimum Gasteiger partial charge on any atom is -0.496 e. The number of nitrogens with zero attached hydrogens (tertiary/aromatic N) is 1. The fraction of sp³-hybridized carbons (Fsp3) is 0.125. The number of carbonyl (C=O) groups excluding carboxylic acids is 1. The van der Waals surface area contributed by atoms with E-state index in [2.05, 4.69) is 10.2 Å². The normalized spacial score (nSPS) is 10.6. The Kier molecular flexibility index (Phi) is 3.31. The molecule has 106 valence electrons. The standard InChI is InChI=1S/C16H14N2O3/c1-20-13-7-14(21-2)15(12-6-4-3-5-11(12)13)16-10(9-19)8-17-18-16/h3-9H,1-2H3,(H,17,18). The highest BCUT2D eigenvalue weighted by Crippen LogP contribution is 2.41. The highest BCUT2D eigenvalue weighted by Gasteiger charge is 2.18. The van der Waals surface area contributed by atoms with Gasteiger partial charge in [-0.3, -0.25) is 9.89 Å². The Bertz CT molecular complexity index is 808. The van der Waals surface area contributed by atoms with E-state index in [9.17, 15) is 4.79 Å². The van der Waals surface area contributed by atoms with Crippen LogP contribution in [0.1, 0.15) is 10.4 Å². The summed E-state index contributed by atoms with van der Waals surface area (Å²) >= 11 is 0. The van der Waals surface area contributed by atoms with E-state index in [4.69, 9.17) is 9.47 Å². The van der Waals surface area contributed by atoms with Crippen molar-refractivity contribution < 1.29 is 14.3 Å². The summed E-state index contributed by atoms with van der Waals surface area (Å²) in [6.45, 7) is 0. The van der Waals surface area contributed by atoms with Crippen molar-refractivity contribution in [1.29, 1.82) is 0 Å². The second kappa shape index (κ2) is 5.28. The lowest BCUT2D eigenvalue weighted by atomic mass is 9.98. The number of carbonyl (C=O) groups is 1. The molecular weight excluding hydrogens is 268 g/mol. The van der Waals surface area contributed by atoms with Crippen LogP contribution in [0.2, 0.25) is 0 Å². The number of benzene rings is 2. The SMILES string of the molecule is COc1cc(OC)c2ccccc2c1-c1[nH]ncc1C=O. The Balaban J connectivity index is 2.43. The molecule has 0 radical (unpaired) electrons. The van der Waals surface area contributed by atoms with Crippen LogP contribution in [0.25, 0.3) is 22.0 Å². The molecule has 0 aliphatic heterocycles. The van der Waals surface area contributed by atoms with Gasteiger partial charge < -0.3 is 9.47 Å². The highest BCUT2D eigenvalue weighted by atomic mass is 16.5. The molecule has 0 spiro atoms. The summed E-state index contributed by atoms with van der Waals surface area (Å²) in [5, 5.41) is 8.70. The Morgan fingerprint density at radius 3 is 2.48 bits per heavy atom. The third-order valence-electron chi connectivity index (χ3n) is 3.46. The molecule has 21 heavy (non-hydrogen) atoms. The van der Waals surface area contributed by atoms with Crippen molar-refractivity contribution in [2.24, 2.45) is 0 Å². The molecule has 0 amide bonds. The summed E-state index contributed by atoms with van der Waals surface area (Å²) in [5.41, 5.74) is 1.93. The Hall–Kier alpha value is -2.82. The molecule has 0 bridgehead atoms. The molecule has 0 fully saturated rings. The number of ether oxygens (including phenoxy) is 2. The molecule has 0 unspecified atom stereocenters. The Morgan fingerprint density at radius 2 is 1.81 bits per heavy atom. The van der Waals surface area contributed by atoms with E-state index >= 15 is 0 Å². The molecule has 0 atom stereocenters. The number of aldehydes is 1. The maximum absolute atomic E-state index is 11.2. The number of aromatic amines is 1. The smallest absolute Gasteiger partial charge is 0.153 e. The first-order chi connectivity index (χ1) is 10.3. The van der Waals surface area contributed by atoms with Gasteiger partial charge in [0, 0.05) is 11.5 Å². The van der Waals surface area contributed by atoms with Crippen molar-refractivity contribution in [2.75, 3.05) is 14.2 Å². The van der Waals surface area contributed by atoms with Gasteiger partial charge in [-0.2, -0.15) is 5.10 Å². The van der Waals surface area contributed by atoms with Crippen molar-refractivity contribution in [3.05, 3.63) is 42.1 Å². The van der Waals surface area contributed by atoms with Gasteiger partial charge in [-0.25, -0.2) is 0 Å². The first-order valence-electron chi connectivity index (χ1n) is 6.42. The number of hydrogen-bond acceptors (Lipinski definition) is 4. The highest BCUT2D eigenvalue weighted by molar-refractivity contribution is 6.04. The lowest BCUT2D eigenvalue weighted by Crippen LogP contribution is -1.95. The molecular formula is C16H14N2O3. The minimum atomic E-state index is 0.489. The molecule has 1 heterocycles. The molecule has 1 aromatic heterocycles. The lowest BCUT2D eigenvalue weighted by molar-refractivity contribution is 0.112.